The summed E-state index contributed by atoms with van der Waals surface area (Å²) < 4.78 is 39.7. The molecular formula is C20H23ClF3N3O. The Hall–Kier alpha value is -2.02. The SMILES string of the molecule is CCCC(=O)NC1CCC(Nc2cc(C(F)(F)F)nc3ccc(Cl)cc23)CC1. The van der Waals surface area contributed by atoms with Gasteiger partial charge in [0.15, 0.2) is 0 Å². The maximum atomic E-state index is 13.2. The lowest BCUT2D eigenvalue weighted by atomic mass is 9.90. The summed E-state index contributed by atoms with van der Waals surface area (Å²) in [5, 5.41) is 7.29. The van der Waals surface area contributed by atoms with Gasteiger partial charge in [-0.2, -0.15) is 13.2 Å². The molecule has 8 heteroatoms. The molecule has 2 aromatic rings. The fourth-order valence-corrected chi connectivity index (χ4v) is 3.76. The van der Waals surface area contributed by atoms with Crippen LogP contribution in [0.3, 0.4) is 0 Å². The molecule has 1 aliphatic carbocycles. The lowest BCUT2D eigenvalue weighted by Crippen LogP contribution is -2.40. The number of hydrogen-bond donors (Lipinski definition) is 2. The largest absolute Gasteiger partial charge is 0.433 e. The van der Waals surface area contributed by atoms with E-state index in [0.29, 0.717) is 22.5 Å². The van der Waals surface area contributed by atoms with Crippen LogP contribution in [-0.4, -0.2) is 23.0 Å². The quantitative estimate of drug-likeness (QED) is 0.676. The van der Waals surface area contributed by atoms with Crippen LogP contribution >= 0.6 is 11.6 Å². The number of fused-ring (bicyclic) bond motifs is 1. The van der Waals surface area contributed by atoms with Crippen LogP contribution in [0, 0.1) is 0 Å². The van der Waals surface area contributed by atoms with Crippen molar-refractivity contribution in [1.82, 2.24) is 10.3 Å². The van der Waals surface area contributed by atoms with Gasteiger partial charge in [-0.1, -0.05) is 18.5 Å². The van der Waals surface area contributed by atoms with Gasteiger partial charge in [0.25, 0.3) is 0 Å². The summed E-state index contributed by atoms with van der Waals surface area (Å²) in [7, 11) is 0. The van der Waals surface area contributed by atoms with Crippen LogP contribution < -0.4 is 10.6 Å². The molecule has 2 N–H and O–H groups in total. The lowest BCUT2D eigenvalue weighted by Gasteiger charge is -2.30. The van der Waals surface area contributed by atoms with Gasteiger partial charge in [-0.05, 0) is 56.4 Å². The highest BCUT2D eigenvalue weighted by atomic mass is 35.5. The Kier molecular flexibility index (Phi) is 6.33. The highest BCUT2D eigenvalue weighted by molar-refractivity contribution is 6.31. The summed E-state index contributed by atoms with van der Waals surface area (Å²) in [6, 6.07) is 5.87. The molecule has 0 atom stereocenters. The fourth-order valence-electron chi connectivity index (χ4n) is 3.59. The first-order valence-electron chi connectivity index (χ1n) is 9.49. The van der Waals surface area contributed by atoms with Gasteiger partial charge in [0.1, 0.15) is 5.69 Å². The zero-order chi connectivity index (χ0) is 20.3. The summed E-state index contributed by atoms with van der Waals surface area (Å²) in [6.07, 6.45) is -0.0762. The molecule has 4 nitrogen and oxygen atoms in total. The van der Waals surface area contributed by atoms with E-state index in [1.807, 2.05) is 6.92 Å². The van der Waals surface area contributed by atoms with E-state index in [2.05, 4.69) is 15.6 Å². The monoisotopic (exact) mass is 413 g/mol. The van der Waals surface area contributed by atoms with E-state index in [-0.39, 0.29) is 23.5 Å². The zero-order valence-corrected chi connectivity index (χ0v) is 16.3. The second-order valence-corrected chi connectivity index (χ2v) is 7.66. The van der Waals surface area contributed by atoms with Crippen LogP contribution in [0.1, 0.15) is 51.1 Å². The second-order valence-electron chi connectivity index (χ2n) is 7.22. The molecule has 3 rings (SSSR count). The van der Waals surface area contributed by atoms with Crippen molar-refractivity contribution in [2.24, 2.45) is 0 Å². The van der Waals surface area contributed by atoms with Gasteiger partial charge < -0.3 is 10.6 Å². The van der Waals surface area contributed by atoms with Crippen molar-refractivity contribution in [3.63, 3.8) is 0 Å². The van der Waals surface area contributed by atoms with E-state index in [1.54, 1.807) is 6.07 Å². The third-order valence-corrected chi connectivity index (χ3v) is 5.23. The van der Waals surface area contributed by atoms with Gasteiger partial charge in [0.2, 0.25) is 5.91 Å². The van der Waals surface area contributed by atoms with Gasteiger partial charge in [0.05, 0.1) is 5.52 Å². The maximum absolute atomic E-state index is 13.2. The highest BCUT2D eigenvalue weighted by Crippen LogP contribution is 2.35. The van der Waals surface area contributed by atoms with Crippen LogP contribution in [0.4, 0.5) is 18.9 Å². The predicted molar refractivity (Wildman–Crippen MR) is 104 cm³/mol. The summed E-state index contributed by atoms with van der Waals surface area (Å²) in [6.45, 7) is 1.96. The fraction of sp³-hybridized carbons (Fsp3) is 0.500. The Balaban J connectivity index is 1.75. The second kappa shape index (κ2) is 8.55. The third kappa shape index (κ3) is 5.07. The van der Waals surface area contributed by atoms with Gasteiger partial charge >= 0.3 is 6.18 Å². The lowest BCUT2D eigenvalue weighted by molar-refractivity contribution is -0.140. The molecule has 1 fully saturated rings. The van der Waals surface area contributed by atoms with E-state index in [1.165, 1.54) is 12.1 Å². The Labute approximate surface area is 166 Å². The first-order chi connectivity index (χ1) is 13.3. The number of carbonyl (C=O) groups excluding carboxylic acids is 1. The number of carbonyl (C=O) groups is 1. The van der Waals surface area contributed by atoms with Crippen molar-refractivity contribution < 1.29 is 18.0 Å². The Morgan fingerprint density at radius 1 is 1.18 bits per heavy atom. The van der Waals surface area contributed by atoms with E-state index < -0.39 is 11.9 Å². The first kappa shape index (κ1) is 20.7. The number of hydrogen-bond acceptors (Lipinski definition) is 3. The van der Waals surface area contributed by atoms with Crippen molar-refractivity contribution in [3.05, 3.63) is 35.0 Å². The summed E-state index contributed by atoms with van der Waals surface area (Å²) in [5.41, 5.74) is -0.286. The van der Waals surface area contributed by atoms with Crippen LogP contribution in [-0.2, 0) is 11.0 Å². The van der Waals surface area contributed by atoms with Crippen LogP contribution in [0.5, 0.6) is 0 Å². The molecule has 1 aromatic carbocycles. The van der Waals surface area contributed by atoms with E-state index in [4.69, 9.17) is 11.6 Å². The molecule has 1 aliphatic rings. The van der Waals surface area contributed by atoms with Crippen molar-refractivity contribution >= 4 is 34.1 Å². The van der Waals surface area contributed by atoms with Crippen molar-refractivity contribution in [3.8, 4) is 0 Å². The average Bonchev–Trinajstić information content (AvgIpc) is 2.63. The number of anilines is 1. The molecule has 0 spiro atoms. The Bertz CT molecular complexity index is 848. The molecule has 0 bridgehead atoms. The van der Waals surface area contributed by atoms with Crippen molar-refractivity contribution in [2.75, 3.05) is 5.32 Å². The minimum absolute atomic E-state index is 0.0324. The number of nitrogens with one attached hydrogen (secondary N) is 2. The number of benzene rings is 1. The molecule has 0 radical (unpaired) electrons. The van der Waals surface area contributed by atoms with Crippen molar-refractivity contribution in [2.45, 2.75) is 63.7 Å². The molecule has 1 saturated carbocycles. The topological polar surface area (TPSA) is 54.0 Å². The first-order valence-corrected chi connectivity index (χ1v) is 9.87. The number of pyridine rings is 1. The molecule has 1 heterocycles. The molecule has 0 aliphatic heterocycles. The average molecular weight is 414 g/mol. The number of halogens is 4. The number of nitrogens with zero attached hydrogens (tertiary/aromatic N) is 1. The molecule has 28 heavy (non-hydrogen) atoms. The van der Waals surface area contributed by atoms with Crippen LogP contribution in [0.25, 0.3) is 10.9 Å². The van der Waals surface area contributed by atoms with Gasteiger partial charge in [-0.3, -0.25) is 4.79 Å². The van der Waals surface area contributed by atoms with Gasteiger partial charge in [-0.25, -0.2) is 4.98 Å². The standard InChI is InChI=1S/C20H23ClF3N3O/c1-2-3-19(28)26-14-7-5-13(6-8-14)25-17-11-18(20(22,23)24)27-16-9-4-12(21)10-15(16)17/h4,9-11,13-14H,2-3,5-8H2,1H3,(H,25,27)(H,26,28). The normalized spacial score (nSPS) is 20.2. The van der Waals surface area contributed by atoms with Crippen molar-refractivity contribution in [1.29, 1.82) is 0 Å². The Morgan fingerprint density at radius 3 is 2.50 bits per heavy atom. The van der Waals surface area contributed by atoms with E-state index in [9.17, 15) is 18.0 Å². The smallest absolute Gasteiger partial charge is 0.382 e. The molecule has 1 aromatic heterocycles. The Morgan fingerprint density at radius 2 is 1.86 bits per heavy atom. The highest BCUT2D eigenvalue weighted by Gasteiger charge is 2.34. The molecule has 0 saturated heterocycles. The zero-order valence-electron chi connectivity index (χ0n) is 15.6. The maximum Gasteiger partial charge on any atom is 0.433 e. The molecule has 0 unspecified atom stereocenters. The number of alkyl halides is 3. The summed E-state index contributed by atoms with van der Waals surface area (Å²) in [4.78, 5) is 15.5. The van der Waals surface area contributed by atoms with E-state index in [0.717, 1.165) is 38.2 Å². The summed E-state index contributed by atoms with van der Waals surface area (Å²) >= 11 is 6.04. The number of amides is 1. The summed E-state index contributed by atoms with van der Waals surface area (Å²) in [5.74, 6) is 0.0588. The molecule has 152 valence electrons. The minimum atomic E-state index is -4.52. The number of aromatic nitrogens is 1. The van der Waals surface area contributed by atoms with Crippen LogP contribution in [0.2, 0.25) is 5.02 Å². The molecular weight excluding hydrogens is 391 g/mol. The molecule has 1 amide bonds. The predicted octanol–water partition coefficient (Wildman–Crippen LogP) is 5.55. The van der Waals surface area contributed by atoms with Crippen LogP contribution in [0.15, 0.2) is 24.3 Å². The van der Waals surface area contributed by atoms with Gasteiger partial charge in [0, 0.05) is 34.6 Å². The third-order valence-electron chi connectivity index (χ3n) is 4.99. The van der Waals surface area contributed by atoms with Gasteiger partial charge in [-0.15, -0.1) is 0 Å². The number of rotatable bonds is 5. The van der Waals surface area contributed by atoms with E-state index >= 15 is 0 Å². The minimum Gasteiger partial charge on any atom is -0.382 e.